The molecule has 0 bridgehead atoms. The minimum absolute atomic E-state index is 0. The van der Waals surface area contributed by atoms with E-state index in [-0.39, 0.29) is 75.7 Å². The van der Waals surface area contributed by atoms with Gasteiger partial charge < -0.3 is 57.3 Å². The smallest absolute Gasteiger partial charge is 0.188 e. The van der Waals surface area contributed by atoms with E-state index in [1.165, 1.54) is 145 Å². The fourth-order valence-electron chi connectivity index (χ4n) is 7.25. The summed E-state index contributed by atoms with van der Waals surface area (Å²) < 4.78 is 18.9. The number of nitrogens with one attached hydrogen (secondary N) is 6. The molecule has 0 aliphatic heterocycles. The molecular weight excluding hydrogens is 2120 g/mol. The molecule has 13 heterocycles. The van der Waals surface area contributed by atoms with E-state index in [9.17, 15) is 14.4 Å². The van der Waals surface area contributed by atoms with Crippen molar-refractivity contribution in [2.75, 3.05) is 42.7 Å². The van der Waals surface area contributed by atoms with Crippen molar-refractivity contribution in [3.05, 3.63) is 259 Å². The molecule has 1 aromatic carbocycles. The minimum Gasteiger partial charge on any atom is -0.316 e. The van der Waals surface area contributed by atoms with Crippen molar-refractivity contribution in [2.24, 2.45) is 5.73 Å². The van der Waals surface area contributed by atoms with Crippen LogP contribution < -0.4 is 104 Å². The number of esters is 2. The van der Waals surface area contributed by atoms with Crippen LogP contribution in [0.4, 0.5) is 71.5 Å². The molecule has 30 nitrogen and oxygen atoms in total. The molecule has 13 aromatic heterocycles. The van der Waals surface area contributed by atoms with E-state index in [0.29, 0.717) is 27.4 Å². The summed E-state index contributed by atoms with van der Waals surface area (Å²) in [6.07, 6.45) is 23.1. The van der Waals surface area contributed by atoms with E-state index in [1.54, 1.807) is 115 Å². The number of alkyl halides is 1. The first-order valence-electron chi connectivity index (χ1n) is 32.3. The van der Waals surface area contributed by atoms with Gasteiger partial charge in [0.05, 0.1) is 46.9 Å². The predicted molar refractivity (Wildman–Crippen MR) is 494 cm³/mol. The van der Waals surface area contributed by atoms with Crippen LogP contribution in [0, 0.1) is 6.92 Å². The maximum Gasteiger partial charge on any atom is 0.188 e. The van der Waals surface area contributed by atoms with Gasteiger partial charge in [0.2, 0.25) is 5.91 Å². The van der Waals surface area contributed by atoms with Crippen LogP contribution in [-0.2, 0) is 33.2 Å². The van der Waals surface area contributed by atoms with Crippen LogP contribution in [-0.4, -0.2) is 163 Å². The molecule has 0 saturated carbocycles. The summed E-state index contributed by atoms with van der Waals surface area (Å²) in [6.45, 7) is 5.97. The Bertz CT molecular complexity index is 4820. The number of aryl methyl sites for hydroxylation is 1. The first-order valence-corrected chi connectivity index (χ1v) is 61.8. The van der Waals surface area contributed by atoms with Gasteiger partial charge in [-0.1, -0.05) is 142 Å². The number of benzene rings is 1. The van der Waals surface area contributed by atoms with Crippen LogP contribution in [0.2, 0.25) is 4.34 Å². The molecule has 0 spiro atoms. The Morgan fingerprint density at radius 3 is 1.19 bits per heavy atom. The molecule has 118 heavy (non-hydrogen) atoms. The van der Waals surface area contributed by atoms with Crippen LogP contribution in [0.5, 0.6) is 0 Å². The molecule has 1 amide bonds. The van der Waals surface area contributed by atoms with Crippen molar-refractivity contribution < 1.29 is 94.7 Å². The average Bonchev–Trinajstić information content (AvgIpc) is 1.66. The summed E-state index contributed by atoms with van der Waals surface area (Å²) >= 11 is 42.2. The number of rotatable bonds is 16. The second-order valence-corrected chi connectivity index (χ2v) is 31.8. The molecule has 604 valence electrons. The predicted octanol–water partition coefficient (Wildman–Crippen LogP) is 16.7. The van der Waals surface area contributed by atoms with Gasteiger partial charge in [-0.25, -0.2) is 74.4 Å². The third-order valence-corrected chi connectivity index (χ3v) is 18.7. The number of carbonyl (C=O) groups is 4. The Kier molecular flexibility index (Phi) is 66.6. The van der Waals surface area contributed by atoms with Crippen molar-refractivity contribution in [3.8, 4) is 10.4 Å². The number of halogens is 7. The van der Waals surface area contributed by atoms with Gasteiger partial charge in [-0.05, 0) is 168 Å². The average molecular weight is 2190 g/mol. The third-order valence-electron chi connectivity index (χ3n) is 11.5. The van der Waals surface area contributed by atoms with Crippen molar-refractivity contribution in [2.45, 2.75) is 35.1 Å². The molecule has 1 atom stereocenters. The fraction of sp³-hybridized carbons (Fsp3) is 0.0857. The second kappa shape index (κ2) is 70.2. The van der Waals surface area contributed by atoms with Crippen LogP contribution in [0.25, 0.3) is 10.4 Å². The zero-order valence-corrected chi connectivity index (χ0v) is 87.7. The number of hydrogen-bond donors (Lipinski definition) is 7. The number of pyridine rings is 7. The molecule has 0 aliphatic rings. The molecule has 0 saturated heterocycles. The summed E-state index contributed by atoms with van der Waals surface area (Å²) in [4.78, 5) is 105. The van der Waals surface area contributed by atoms with E-state index in [4.69, 9.17) is 48.4 Å². The SMILES string of the molecule is BrBr.Brc1cnc(Nc2ccccn2)s1.Brc1cnc(Nc2ccccn2)s1.C.CC(=O)N(c1ccccn1)c1ncc(Br)s1.CC(=O)OC(C)=O.Cc1ccccc1-c1cnc(Nc2ccccn2)s1.Clc1cnc(Nc2ccccn2)s1.NC(=S)Nc1ccccn1.O=CCCl.O=[P+]([O-])O[O-].[K+].[K][K].c1ccc(Nc2nccs2)nc1. The molecule has 1 unspecified atom stereocenters. The molecule has 0 radical (unpaired) electrons. The van der Waals surface area contributed by atoms with E-state index >= 15 is 0 Å². The quantitative estimate of drug-likeness (QED) is 0.00543. The minimum atomic E-state index is -3.15. The summed E-state index contributed by atoms with van der Waals surface area (Å²) in [5, 5.41) is 33.7. The standard InChI is InChI=1S/C15H13N3S.C10H8BrN3OS.2C8H6BrN3S.C8H6ClN3S.C8H7N3S.C6H7N3S.C4H6O3.C2H3ClO.CH4.Br2.3K.HO4P/c1-11-6-2-3-7-12(11)13-10-17-15(19-13)18-14-8-4-5-9-16-14;1-7(15)14(9-4-2-3-5-12-9)10-13-6-8(11)16-10;3*9-6-5-11-8(13-6)12-7-3-1-2-4-10-7;1-2-4-9-7(3-1)11-8-10-5-6-12-8;7-6(10)9-5-3-1-2-4-8-5;1-3(5)7-4(2)6;3-1-2-4;;1-2;;;;1-4-5(2)3/h2-10H,1H3,(H,16,17,18);2-6H,1H3;3*1-5H,(H,10,11,12);1-6H,(H,9,10,11);1-4H,(H3,7,8,9,10);1-2H3;2H,1H2;1H4;;;;;1H/q;;;;;;;;;;;;;+1;/p-1. The number of aromatic nitrogens is 13. The molecule has 8 N–H and O–H groups in total. The first-order chi connectivity index (χ1) is 56.1. The zero-order valence-electron chi connectivity index (χ0n) is 62.3. The maximum atomic E-state index is 11.6. The van der Waals surface area contributed by atoms with Gasteiger partial charge in [-0.15, -0.1) is 22.9 Å². The number of anilines is 13. The Labute approximate surface area is 849 Å². The number of aldehydes is 1. The molecule has 48 heteroatoms. The van der Waals surface area contributed by atoms with Crippen molar-refractivity contribution in [1.82, 2.24) is 64.8 Å². The zero-order chi connectivity index (χ0) is 85.1. The molecule has 14 aromatic rings. The van der Waals surface area contributed by atoms with Crippen LogP contribution >= 0.6 is 188 Å². The van der Waals surface area contributed by atoms with Gasteiger partial charge in [0, 0.05) is 110 Å². The summed E-state index contributed by atoms with van der Waals surface area (Å²) in [7, 11) is -3.15. The van der Waals surface area contributed by atoms with Gasteiger partial charge in [0.15, 0.2) is 35.9 Å². The normalized spacial score (nSPS) is 9.31. The van der Waals surface area contributed by atoms with Gasteiger partial charge in [-0.2, -0.15) is 0 Å². The van der Waals surface area contributed by atoms with Gasteiger partial charge in [-0.3, -0.25) is 14.4 Å². The van der Waals surface area contributed by atoms with E-state index in [1.807, 2.05) is 133 Å². The summed E-state index contributed by atoms with van der Waals surface area (Å²) in [6, 6.07) is 47.7. The largest absolute Gasteiger partial charge is 0.316 e. The number of thiazole rings is 6. The number of amides is 1. The van der Waals surface area contributed by atoms with Crippen molar-refractivity contribution in [1.29, 1.82) is 0 Å². The Balaban J connectivity index is 0.000000665. The van der Waals surface area contributed by atoms with Gasteiger partial charge in [0.25, 0.3) is 0 Å². The third kappa shape index (κ3) is 52.5. The number of nitrogens with zero attached hydrogens (tertiary/aromatic N) is 14. The molecule has 0 aliphatic carbocycles. The molecule has 0 fully saturated rings. The molecular formula is C70H66Br5Cl2K3N21O9PS7. The number of carbonyl (C=O) groups excluding carboxylic acids is 4. The topological polar surface area (TPSA) is 419 Å². The molecule has 14 rings (SSSR count). The Morgan fingerprint density at radius 1 is 0.534 bits per heavy atom. The Morgan fingerprint density at radius 2 is 0.890 bits per heavy atom. The number of thiocarbonyl (C=S) groups is 1. The maximum absolute atomic E-state index is 11.6. The van der Waals surface area contributed by atoms with E-state index in [0.717, 1.165) is 71.0 Å². The van der Waals surface area contributed by atoms with E-state index in [2.05, 4.69) is 213 Å². The second-order valence-electron chi connectivity index (χ2n) is 19.7. The van der Waals surface area contributed by atoms with Gasteiger partial charge >= 0.3 is 135 Å². The van der Waals surface area contributed by atoms with Crippen LogP contribution in [0.1, 0.15) is 33.8 Å². The number of hydrogen-bond acceptors (Lipinski definition) is 34. The number of ether oxygens (including phenoxy) is 1. The Hall–Kier alpha value is -4.11. The monoisotopic (exact) mass is 2180 g/mol. The number of nitrogens with two attached hydrogens (primary N) is 1. The van der Waals surface area contributed by atoms with Gasteiger partial charge in [0.1, 0.15) is 51.3 Å². The fourth-order valence-corrected chi connectivity index (χ4v) is 13.1. The first kappa shape index (κ1) is 112. The van der Waals surface area contributed by atoms with Crippen LogP contribution in [0.15, 0.2) is 249 Å². The van der Waals surface area contributed by atoms with Crippen LogP contribution in [0.3, 0.4) is 0 Å². The summed E-state index contributed by atoms with van der Waals surface area (Å²) in [5.41, 5.74) is 7.70. The summed E-state index contributed by atoms with van der Waals surface area (Å²) in [5.74, 6) is 4.16. The van der Waals surface area contributed by atoms with E-state index < -0.39 is 20.2 Å². The van der Waals surface area contributed by atoms with Crippen molar-refractivity contribution in [3.63, 3.8) is 0 Å². The van der Waals surface area contributed by atoms with Crippen molar-refractivity contribution >= 4 is 352 Å².